The minimum atomic E-state index is -0.00116. The molecule has 1 aliphatic rings. The van der Waals surface area contributed by atoms with Gasteiger partial charge in [0.25, 0.3) is 0 Å². The summed E-state index contributed by atoms with van der Waals surface area (Å²) in [5.74, 6) is 0. The predicted octanol–water partition coefficient (Wildman–Crippen LogP) is 3.11. The summed E-state index contributed by atoms with van der Waals surface area (Å²) in [5, 5.41) is 4.20. The van der Waals surface area contributed by atoms with Crippen LogP contribution in [0.15, 0.2) is 16.8 Å². The zero-order valence-electron chi connectivity index (χ0n) is 11.3. The van der Waals surface area contributed by atoms with Crippen LogP contribution in [0.25, 0.3) is 0 Å². The van der Waals surface area contributed by atoms with Crippen LogP contribution in [0, 0.1) is 0 Å². The number of ether oxygens (including phenoxy) is 2. The van der Waals surface area contributed by atoms with Gasteiger partial charge >= 0.3 is 0 Å². The summed E-state index contributed by atoms with van der Waals surface area (Å²) in [6.45, 7) is 6.23. The molecule has 4 atom stereocenters. The van der Waals surface area contributed by atoms with E-state index in [0.717, 1.165) is 12.8 Å². The van der Waals surface area contributed by atoms with Crippen LogP contribution in [0.1, 0.15) is 45.3 Å². The molecule has 4 heteroatoms. The van der Waals surface area contributed by atoms with Gasteiger partial charge in [0.15, 0.2) is 0 Å². The van der Waals surface area contributed by atoms with Crippen LogP contribution in [-0.2, 0) is 9.47 Å². The lowest BCUT2D eigenvalue weighted by Crippen LogP contribution is -2.37. The lowest BCUT2D eigenvalue weighted by atomic mass is 10.0. The van der Waals surface area contributed by atoms with Gasteiger partial charge in [-0.2, -0.15) is 11.3 Å². The molecule has 0 aliphatic carbocycles. The van der Waals surface area contributed by atoms with Gasteiger partial charge in [0, 0.05) is 6.04 Å². The molecule has 1 aromatic heterocycles. The molecule has 0 spiro atoms. The maximum absolute atomic E-state index is 6.24. The Balaban J connectivity index is 2.01. The first kappa shape index (κ1) is 14.0. The molecule has 0 amide bonds. The minimum absolute atomic E-state index is 0.00116. The Hall–Kier alpha value is -0.420. The molecule has 1 saturated heterocycles. The Morgan fingerprint density at radius 2 is 2.06 bits per heavy atom. The maximum Gasteiger partial charge on any atom is 0.0984 e. The zero-order chi connectivity index (χ0) is 13.1. The normalized spacial score (nSPS) is 32.1. The van der Waals surface area contributed by atoms with Crippen molar-refractivity contribution in [1.82, 2.24) is 0 Å². The van der Waals surface area contributed by atoms with Crippen LogP contribution in [0.2, 0.25) is 0 Å². The van der Waals surface area contributed by atoms with E-state index in [-0.39, 0.29) is 30.5 Å². The fourth-order valence-corrected chi connectivity index (χ4v) is 3.29. The van der Waals surface area contributed by atoms with E-state index in [9.17, 15) is 0 Å². The van der Waals surface area contributed by atoms with Crippen molar-refractivity contribution in [2.75, 3.05) is 0 Å². The molecule has 102 valence electrons. The fourth-order valence-electron chi connectivity index (χ4n) is 2.61. The van der Waals surface area contributed by atoms with Gasteiger partial charge in [-0.15, -0.1) is 0 Å². The Morgan fingerprint density at radius 1 is 1.39 bits per heavy atom. The van der Waals surface area contributed by atoms with E-state index in [1.54, 1.807) is 11.3 Å². The van der Waals surface area contributed by atoms with E-state index in [2.05, 4.69) is 30.7 Å². The van der Waals surface area contributed by atoms with Crippen molar-refractivity contribution in [1.29, 1.82) is 0 Å². The molecule has 3 nitrogen and oxygen atoms in total. The number of hydrogen-bond acceptors (Lipinski definition) is 4. The number of rotatable bonds is 4. The second-order valence-corrected chi connectivity index (χ2v) is 6.10. The Labute approximate surface area is 113 Å². The molecule has 2 N–H and O–H groups in total. The average Bonchev–Trinajstić information content (AvgIpc) is 2.77. The van der Waals surface area contributed by atoms with Crippen LogP contribution >= 0.6 is 11.3 Å². The maximum atomic E-state index is 6.24. The highest BCUT2D eigenvalue weighted by Gasteiger charge is 2.29. The number of thiophene rings is 1. The highest BCUT2D eigenvalue weighted by atomic mass is 32.1. The van der Waals surface area contributed by atoms with Gasteiger partial charge in [-0.25, -0.2) is 0 Å². The lowest BCUT2D eigenvalue weighted by molar-refractivity contribution is -0.125. The van der Waals surface area contributed by atoms with Crippen molar-refractivity contribution < 1.29 is 9.47 Å². The van der Waals surface area contributed by atoms with Gasteiger partial charge in [0.05, 0.1) is 24.4 Å². The summed E-state index contributed by atoms with van der Waals surface area (Å²) in [4.78, 5) is 0. The van der Waals surface area contributed by atoms with E-state index in [1.807, 2.05) is 6.92 Å². The van der Waals surface area contributed by atoms with E-state index < -0.39 is 0 Å². The summed E-state index contributed by atoms with van der Waals surface area (Å²) in [6.07, 6.45) is 2.71. The fraction of sp³-hybridized carbons (Fsp3) is 0.714. The van der Waals surface area contributed by atoms with Gasteiger partial charge in [0.2, 0.25) is 0 Å². The smallest absolute Gasteiger partial charge is 0.0984 e. The Bertz CT molecular complexity index is 343. The molecular weight excluding hydrogens is 246 g/mol. The van der Waals surface area contributed by atoms with Gasteiger partial charge < -0.3 is 15.2 Å². The van der Waals surface area contributed by atoms with Crippen molar-refractivity contribution in [2.45, 2.75) is 64.1 Å². The van der Waals surface area contributed by atoms with Crippen LogP contribution in [0.5, 0.6) is 0 Å². The van der Waals surface area contributed by atoms with Gasteiger partial charge in [-0.3, -0.25) is 0 Å². The first-order valence-electron chi connectivity index (χ1n) is 6.65. The number of hydrogen-bond donors (Lipinski definition) is 1. The predicted molar refractivity (Wildman–Crippen MR) is 74.8 cm³/mol. The van der Waals surface area contributed by atoms with Crippen LogP contribution in [0.4, 0.5) is 0 Å². The molecular formula is C14H23NO2S. The summed E-state index contributed by atoms with van der Waals surface area (Å²) < 4.78 is 12.0. The third-order valence-corrected chi connectivity index (χ3v) is 4.04. The first-order valence-corrected chi connectivity index (χ1v) is 7.59. The number of nitrogens with two attached hydrogens (primary N) is 1. The van der Waals surface area contributed by atoms with Crippen molar-refractivity contribution in [3.8, 4) is 0 Å². The lowest BCUT2D eigenvalue weighted by Gasteiger charge is -2.35. The van der Waals surface area contributed by atoms with Crippen molar-refractivity contribution in [2.24, 2.45) is 5.73 Å². The molecule has 0 radical (unpaired) electrons. The molecule has 2 rings (SSSR count). The highest BCUT2D eigenvalue weighted by molar-refractivity contribution is 7.07. The topological polar surface area (TPSA) is 44.5 Å². The summed E-state index contributed by atoms with van der Waals surface area (Å²) in [6, 6.07) is 2.11. The van der Waals surface area contributed by atoms with E-state index in [1.165, 1.54) is 5.56 Å². The molecule has 2 heterocycles. The molecule has 0 saturated carbocycles. The average molecular weight is 269 g/mol. The van der Waals surface area contributed by atoms with Crippen molar-refractivity contribution >= 4 is 11.3 Å². The molecule has 4 unspecified atom stereocenters. The molecule has 18 heavy (non-hydrogen) atoms. The summed E-state index contributed by atoms with van der Waals surface area (Å²) in [5.41, 5.74) is 7.26. The third-order valence-electron chi connectivity index (χ3n) is 3.34. The standard InChI is InChI=1S/C14H23NO2S/c1-9-6-13(7-10(2)16-9)17-14(11(3)15)12-4-5-18-8-12/h4-5,8-11,13-14H,6-7,15H2,1-3H3. The Morgan fingerprint density at radius 3 is 2.56 bits per heavy atom. The summed E-state index contributed by atoms with van der Waals surface area (Å²) >= 11 is 1.69. The van der Waals surface area contributed by atoms with Crippen LogP contribution in [0.3, 0.4) is 0 Å². The van der Waals surface area contributed by atoms with Crippen LogP contribution in [-0.4, -0.2) is 24.4 Å². The first-order chi connectivity index (χ1) is 8.56. The van der Waals surface area contributed by atoms with E-state index in [4.69, 9.17) is 15.2 Å². The zero-order valence-corrected chi connectivity index (χ0v) is 12.2. The molecule has 1 aliphatic heterocycles. The monoisotopic (exact) mass is 269 g/mol. The third kappa shape index (κ3) is 3.54. The second kappa shape index (κ2) is 6.15. The van der Waals surface area contributed by atoms with Gasteiger partial charge in [-0.05, 0) is 56.0 Å². The van der Waals surface area contributed by atoms with E-state index in [0.29, 0.717) is 0 Å². The molecule has 0 aromatic carbocycles. The SMILES string of the molecule is CC1CC(OC(c2ccsc2)C(C)N)CC(C)O1. The van der Waals surface area contributed by atoms with Crippen molar-refractivity contribution in [3.63, 3.8) is 0 Å². The van der Waals surface area contributed by atoms with E-state index >= 15 is 0 Å². The Kier molecular flexibility index (Phi) is 4.78. The van der Waals surface area contributed by atoms with Crippen molar-refractivity contribution in [3.05, 3.63) is 22.4 Å². The minimum Gasteiger partial charge on any atom is -0.375 e. The largest absolute Gasteiger partial charge is 0.375 e. The molecule has 0 bridgehead atoms. The van der Waals surface area contributed by atoms with Crippen LogP contribution < -0.4 is 5.73 Å². The summed E-state index contributed by atoms with van der Waals surface area (Å²) in [7, 11) is 0. The second-order valence-electron chi connectivity index (χ2n) is 5.32. The molecule has 1 aromatic rings. The highest BCUT2D eigenvalue weighted by Crippen LogP contribution is 2.29. The van der Waals surface area contributed by atoms with Gasteiger partial charge in [-0.1, -0.05) is 0 Å². The van der Waals surface area contributed by atoms with Gasteiger partial charge in [0.1, 0.15) is 0 Å². The molecule has 1 fully saturated rings. The quantitative estimate of drug-likeness (QED) is 0.913.